The summed E-state index contributed by atoms with van der Waals surface area (Å²) in [6, 6.07) is 18.5. The van der Waals surface area contributed by atoms with Crippen molar-refractivity contribution < 1.29 is 19.2 Å². The van der Waals surface area contributed by atoms with Crippen molar-refractivity contribution in [2.75, 3.05) is 6.54 Å². The number of thiophene rings is 1. The van der Waals surface area contributed by atoms with Crippen molar-refractivity contribution in [3.8, 4) is 0 Å². The van der Waals surface area contributed by atoms with Crippen molar-refractivity contribution in [3.05, 3.63) is 98.7 Å². The number of aryl methyl sites for hydroxylation is 1. The molecule has 1 fully saturated rings. The number of imide groups is 1. The highest BCUT2D eigenvalue weighted by Crippen LogP contribution is 2.34. The molecule has 5 rings (SSSR count). The number of carbonyl (C=O) groups excluding carboxylic acids is 4. The molecule has 0 bridgehead atoms. The zero-order valence-corrected chi connectivity index (χ0v) is 21.6. The van der Waals surface area contributed by atoms with Gasteiger partial charge in [-0.25, -0.2) is 0 Å². The lowest BCUT2D eigenvalue weighted by atomic mass is 10.1. The summed E-state index contributed by atoms with van der Waals surface area (Å²) in [4.78, 5) is 53.2. The predicted molar refractivity (Wildman–Crippen MR) is 146 cm³/mol. The number of para-hydroxylation sites is 1. The summed E-state index contributed by atoms with van der Waals surface area (Å²) in [5.74, 6) is -0.926. The Hall–Kier alpha value is -3.95. The smallest absolute Gasteiger partial charge is 0.293 e. The molecule has 0 aliphatic carbocycles. The second-order valence-electron chi connectivity index (χ2n) is 8.64. The number of fused-ring (bicyclic) bond motifs is 1. The van der Waals surface area contributed by atoms with Crippen LogP contribution in [0.1, 0.15) is 26.4 Å². The fourth-order valence-corrected chi connectivity index (χ4v) is 5.56. The lowest BCUT2D eigenvalue weighted by molar-refractivity contribution is -0.123. The summed E-state index contributed by atoms with van der Waals surface area (Å²) in [7, 11) is 0. The Kier molecular flexibility index (Phi) is 7.07. The summed E-state index contributed by atoms with van der Waals surface area (Å²) in [6.07, 6.45) is 3.46. The number of amides is 3. The highest BCUT2D eigenvalue weighted by atomic mass is 32.2. The van der Waals surface area contributed by atoms with E-state index >= 15 is 0 Å². The number of hydrogen-bond donors (Lipinski definition) is 1. The van der Waals surface area contributed by atoms with E-state index in [0.29, 0.717) is 12.1 Å². The van der Waals surface area contributed by atoms with E-state index in [0.717, 1.165) is 43.6 Å². The first-order valence-electron chi connectivity index (χ1n) is 11.6. The Morgan fingerprint density at radius 2 is 1.76 bits per heavy atom. The van der Waals surface area contributed by atoms with Crippen molar-refractivity contribution in [2.45, 2.75) is 20.0 Å². The molecule has 0 spiro atoms. The van der Waals surface area contributed by atoms with Gasteiger partial charge in [0.25, 0.3) is 11.1 Å². The number of rotatable bonds is 8. The Morgan fingerprint density at radius 3 is 2.51 bits per heavy atom. The van der Waals surface area contributed by atoms with Gasteiger partial charge in [-0.05, 0) is 42.3 Å². The van der Waals surface area contributed by atoms with Gasteiger partial charge in [-0.3, -0.25) is 24.1 Å². The van der Waals surface area contributed by atoms with Gasteiger partial charge in [0, 0.05) is 33.1 Å². The maximum Gasteiger partial charge on any atom is 0.293 e. The average Bonchev–Trinajstić information content (AvgIpc) is 3.60. The molecule has 37 heavy (non-hydrogen) atoms. The Morgan fingerprint density at radius 1 is 0.973 bits per heavy atom. The normalized spacial score (nSPS) is 14.6. The molecule has 0 unspecified atom stereocenters. The van der Waals surface area contributed by atoms with E-state index in [1.165, 1.54) is 0 Å². The van der Waals surface area contributed by atoms with Gasteiger partial charge in [-0.2, -0.15) is 0 Å². The highest BCUT2D eigenvalue weighted by molar-refractivity contribution is 8.18. The van der Waals surface area contributed by atoms with E-state index in [2.05, 4.69) is 5.32 Å². The Balaban J connectivity index is 1.34. The molecule has 0 atom stereocenters. The predicted octanol–water partition coefficient (Wildman–Crippen LogP) is 5.25. The summed E-state index contributed by atoms with van der Waals surface area (Å²) >= 11 is 2.40. The molecule has 2 aromatic heterocycles. The molecule has 1 aliphatic heterocycles. The van der Waals surface area contributed by atoms with Gasteiger partial charge < -0.3 is 9.88 Å². The van der Waals surface area contributed by atoms with Gasteiger partial charge in [-0.15, -0.1) is 11.3 Å². The van der Waals surface area contributed by atoms with Gasteiger partial charge in [0.1, 0.15) is 6.54 Å². The first-order valence-corrected chi connectivity index (χ1v) is 13.3. The van der Waals surface area contributed by atoms with Gasteiger partial charge in [0.15, 0.2) is 5.78 Å². The second kappa shape index (κ2) is 10.6. The first kappa shape index (κ1) is 24.7. The van der Waals surface area contributed by atoms with Crippen LogP contribution in [0.3, 0.4) is 0 Å². The maximum absolute atomic E-state index is 13.1. The molecule has 4 aromatic rings. The molecule has 3 amide bonds. The van der Waals surface area contributed by atoms with Gasteiger partial charge in [0.05, 0.1) is 18.0 Å². The number of nitrogens with zero attached hydrogens (tertiary/aromatic N) is 2. The van der Waals surface area contributed by atoms with Gasteiger partial charge in [0.2, 0.25) is 5.91 Å². The van der Waals surface area contributed by atoms with Crippen LogP contribution in [0, 0.1) is 6.92 Å². The Labute approximate surface area is 221 Å². The highest BCUT2D eigenvalue weighted by Gasteiger charge is 2.36. The SMILES string of the molecule is Cc1ccc(C(=O)CN2C(=O)S/C(=C\c3cn(CC(=O)NCc4cccs4)c4ccccc34)C2=O)cc1. The number of nitrogens with one attached hydrogen (secondary N) is 1. The summed E-state index contributed by atoms with van der Waals surface area (Å²) < 4.78 is 1.83. The van der Waals surface area contributed by atoms with Crippen LogP contribution in [0.15, 0.2) is 77.1 Å². The molecule has 0 radical (unpaired) electrons. The van der Waals surface area contributed by atoms with Crippen LogP contribution in [-0.4, -0.2) is 38.8 Å². The number of carbonyl (C=O) groups is 4. The van der Waals surface area contributed by atoms with Crippen molar-refractivity contribution in [1.82, 2.24) is 14.8 Å². The monoisotopic (exact) mass is 529 g/mol. The second-order valence-corrected chi connectivity index (χ2v) is 10.7. The lowest BCUT2D eigenvalue weighted by Gasteiger charge is -2.11. The minimum Gasteiger partial charge on any atom is -0.350 e. The van der Waals surface area contributed by atoms with Crippen molar-refractivity contribution in [3.63, 3.8) is 0 Å². The zero-order valence-electron chi connectivity index (χ0n) is 20.0. The van der Waals surface area contributed by atoms with Crippen LogP contribution in [0.25, 0.3) is 17.0 Å². The number of benzene rings is 2. The molecule has 3 heterocycles. The molecule has 1 aliphatic rings. The topological polar surface area (TPSA) is 88.5 Å². The van der Waals surface area contributed by atoms with E-state index in [1.807, 2.05) is 65.4 Å². The standard InChI is InChI=1S/C28H23N3O4S2/c1-18-8-10-19(11-9-18)24(32)16-31-27(34)25(37-28(31)35)13-20-15-30(23-7-3-2-6-22(20)23)17-26(33)29-14-21-5-4-12-36-21/h2-13,15H,14,16-17H2,1H3,(H,29,33)/b25-13-. The van der Waals surface area contributed by atoms with Gasteiger partial charge in [-0.1, -0.05) is 54.1 Å². The summed E-state index contributed by atoms with van der Waals surface area (Å²) in [6.45, 7) is 2.20. The molecule has 7 nitrogen and oxygen atoms in total. The van der Waals surface area contributed by atoms with E-state index in [1.54, 1.807) is 35.7 Å². The van der Waals surface area contributed by atoms with Crippen molar-refractivity contribution in [2.24, 2.45) is 0 Å². The lowest BCUT2D eigenvalue weighted by Crippen LogP contribution is -2.33. The fourth-order valence-electron chi connectivity index (χ4n) is 4.08. The van der Waals surface area contributed by atoms with Gasteiger partial charge >= 0.3 is 0 Å². The summed E-state index contributed by atoms with van der Waals surface area (Å²) in [5.41, 5.74) is 3.03. The van der Waals surface area contributed by atoms with E-state index in [9.17, 15) is 19.2 Å². The minimum absolute atomic E-state index is 0.117. The largest absolute Gasteiger partial charge is 0.350 e. The third-order valence-electron chi connectivity index (χ3n) is 6.01. The average molecular weight is 530 g/mol. The minimum atomic E-state index is -0.499. The third kappa shape index (κ3) is 5.42. The number of ketones is 1. The van der Waals surface area contributed by atoms with Crippen LogP contribution in [0.5, 0.6) is 0 Å². The molecule has 1 N–H and O–H groups in total. The molecule has 2 aromatic carbocycles. The molecule has 186 valence electrons. The van der Waals surface area contributed by atoms with Crippen LogP contribution in [-0.2, 0) is 22.7 Å². The quantitative estimate of drug-likeness (QED) is 0.249. The molecule has 9 heteroatoms. The van der Waals surface area contributed by atoms with Crippen molar-refractivity contribution in [1.29, 1.82) is 0 Å². The first-order chi connectivity index (χ1) is 17.9. The van der Waals surface area contributed by atoms with Crippen LogP contribution < -0.4 is 5.32 Å². The van der Waals surface area contributed by atoms with Crippen LogP contribution >= 0.6 is 23.1 Å². The fraction of sp³-hybridized carbons (Fsp3) is 0.143. The zero-order chi connectivity index (χ0) is 25.9. The van der Waals surface area contributed by atoms with E-state index in [4.69, 9.17) is 0 Å². The van der Waals surface area contributed by atoms with Crippen LogP contribution in [0.2, 0.25) is 0 Å². The Bertz CT molecular complexity index is 1540. The van der Waals surface area contributed by atoms with Crippen LogP contribution in [0.4, 0.5) is 4.79 Å². The molecular weight excluding hydrogens is 506 g/mol. The number of aromatic nitrogens is 1. The number of hydrogen-bond acceptors (Lipinski definition) is 6. The van der Waals surface area contributed by atoms with Crippen molar-refractivity contribution >= 4 is 62.9 Å². The molecule has 0 saturated carbocycles. The maximum atomic E-state index is 13.1. The number of Topliss-reactive ketones (excluding diaryl/α,β-unsaturated/α-hetero) is 1. The third-order valence-corrected chi connectivity index (χ3v) is 7.79. The molecule has 1 saturated heterocycles. The van der Waals surface area contributed by atoms with E-state index in [-0.39, 0.29) is 29.7 Å². The number of thioether (sulfide) groups is 1. The molecular formula is C28H23N3O4S2. The summed E-state index contributed by atoms with van der Waals surface area (Å²) in [5, 5.41) is 5.27. The van der Waals surface area contributed by atoms with E-state index < -0.39 is 11.1 Å².